The zero-order valence-electron chi connectivity index (χ0n) is 14.7. The molecule has 0 bridgehead atoms. The molecule has 0 aliphatic rings. The molecule has 122 valence electrons. The maximum atomic E-state index is 6.00. The Labute approximate surface area is 127 Å². The zero-order valence-corrected chi connectivity index (χ0v) is 14.7. The molecule has 0 saturated heterocycles. The monoisotopic (exact) mass is 286 g/mol. The summed E-state index contributed by atoms with van der Waals surface area (Å²) in [5.41, 5.74) is 0. The van der Waals surface area contributed by atoms with Crippen LogP contribution < -0.4 is 0 Å². The van der Waals surface area contributed by atoms with Crippen molar-refractivity contribution in [3.8, 4) is 0 Å². The van der Waals surface area contributed by atoms with Gasteiger partial charge in [0, 0.05) is 26.1 Å². The van der Waals surface area contributed by atoms with E-state index >= 15 is 0 Å². The maximum Gasteiger partial charge on any atom is 0.168 e. The van der Waals surface area contributed by atoms with E-state index in [1.807, 2.05) is 0 Å². The van der Waals surface area contributed by atoms with E-state index in [0.717, 1.165) is 26.1 Å². The molecule has 0 N–H and O–H groups in total. The summed E-state index contributed by atoms with van der Waals surface area (Å²) in [5, 5.41) is 0. The van der Waals surface area contributed by atoms with Gasteiger partial charge in [-0.15, -0.1) is 0 Å². The standard InChI is InChI=1S/C18H38O2/c1-6-9-10-11-12-13-14-15-18(19-7-2,20-8-3)16-17(4)5/h17H,6-16H2,1-5H3. The van der Waals surface area contributed by atoms with Crippen LogP contribution in [-0.2, 0) is 9.47 Å². The molecule has 0 radical (unpaired) electrons. The Morgan fingerprint density at radius 1 is 0.750 bits per heavy atom. The highest BCUT2D eigenvalue weighted by atomic mass is 16.7. The molecule has 0 rings (SSSR count). The van der Waals surface area contributed by atoms with Crippen LogP contribution in [-0.4, -0.2) is 19.0 Å². The Hall–Kier alpha value is -0.0800. The highest BCUT2D eigenvalue weighted by molar-refractivity contribution is 4.72. The van der Waals surface area contributed by atoms with Crippen molar-refractivity contribution in [2.24, 2.45) is 5.92 Å². The smallest absolute Gasteiger partial charge is 0.168 e. The minimum absolute atomic E-state index is 0.332. The van der Waals surface area contributed by atoms with Gasteiger partial charge in [-0.2, -0.15) is 0 Å². The lowest BCUT2D eigenvalue weighted by atomic mass is 9.96. The molecule has 0 saturated carbocycles. The lowest BCUT2D eigenvalue weighted by Crippen LogP contribution is -2.37. The molecule has 2 heteroatoms. The Morgan fingerprint density at radius 3 is 1.70 bits per heavy atom. The third-order valence-corrected chi connectivity index (χ3v) is 3.70. The summed E-state index contributed by atoms with van der Waals surface area (Å²) in [5.74, 6) is 0.277. The Kier molecular flexibility index (Phi) is 12.6. The fourth-order valence-corrected chi connectivity index (χ4v) is 2.91. The molecule has 0 fully saturated rings. The van der Waals surface area contributed by atoms with E-state index in [1.54, 1.807) is 0 Å². The van der Waals surface area contributed by atoms with Gasteiger partial charge in [0.2, 0.25) is 0 Å². The molecule has 0 aliphatic carbocycles. The first-order chi connectivity index (χ1) is 9.60. The van der Waals surface area contributed by atoms with Crippen molar-refractivity contribution in [3.05, 3.63) is 0 Å². The van der Waals surface area contributed by atoms with Gasteiger partial charge in [0.25, 0.3) is 0 Å². The van der Waals surface area contributed by atoms with Gasteiger partial charge in [-0.1, -0.05) is 59.3 Å². The van der Waals surface area contributed by atoms with Gasteiger partial charge in [-0.05, 0) is 26.2 Å². The minimum atomic E-state index is -0.332. The van der Waals surface area contributed by atoms with E-state index in [0.29, 0.717) is 5.92 Å². The van der Waals surface area contributed by atoms with Crippen molar-refractivity contribution in [2.45, 2.75) is 98.2 Å². The number of rotatable bonds is 14. The first-order valence-corrected chi connectivity index (χ1v) is 8.88. The number of ether oxygens (including phenoxy) is 2. The summed E-state index contributed by atoms with van der Waals surface area (Å²) in [4.78, 5) is 0. The summed E-state index contributed by atoms with van der Waals surface area (Å²) in [6.45, 7) is 12.4. The Bertz CT molecular complexity index is 196. The highest BCUT2D eigenvalue weighted by Crippen LogP contribution is 2.29. The van der Waals surface area contributed by atoms with Gasteiger partial charge in [-0.3, -0.25) is 0 Å². The van der Waals surface area contributed by atoms with Crippen LogP contribution >= 0.6 is 0 Å². The molecule has 0 aromatic rings. The van der Waals surface area contributed by atoms with Gasteiger partial charge in [0.15, 0.2) is 5.79 Å². The second-order valence-electron chi connectivity index (χ2n) is 6.25. The number of hydrogen-bond donors (Lipinski definition) is 0. The summed E-state index contributed by atoms with van der Waals surface area (Å²) < 4.78 is 12.0. The van der Waals surface area contributed by atoms with E-state index in [-0.39, 0.29) is 5.79 Å². The van der Waals surface area contributed by atoms with Crippen molar-refractivity contribution in [2.75, 3.05) is 13.2 Å². The van der Waals surface area contributed by atoms with Crippen LogP contribution in [0.4, 0.5) is 0 Å². The molecule has 2 nitrogen and oxygen atoms in total. The van der Waals surface area contributed by atoms with Crippen molar-refractivity contribution in [3.63, 3.8) is 0 Å². The van der Waals surface area contributed by atoms with Crippen LogP contribution in [0.2, 0.25) is 0 Å². The number of hydrogen-bond acceptors (Lipinski definition) is 2. The molecule has 0 aliphatic heterocycles. The normalized spacial score (nSPS) is 12.3. The molecule has 0 aromatic heterocycles. The van der Waals surface area contributed by atoms with Gasteiger partial charge < -0.3 is 9.47 Å². The fourth-order valence-electron chi connectivity index (χ4n) is 2.91. The molecular formula is C18H38O2. The van der Waals surface area contributed by atoms with Crippen molar-refractivity contribution in [1.82, 2.24) is 0 Å². The van der Waals surface area contributed by atoms with E-state index in [4.69, 9.17) is 9.47 Å². The van der Waals surface area contributed by atoms with Crippen LogP contribution in [0.3, 0.4) is 0 Å². The first-order valence-electron chi connectivity index (χ1n) is 8.88. The first kappa shape index (κ1) is 19.9. The van der Waals surface area contributed by atoms with Crippen LogP contribution in [0.25, 0.3) is 0 Å². The SMILES string of the molecule is CCCCCCCCCC(CC(C)C)(OCC)OCC. The highest BCUT2D eigenvalue weighted by Gasteiger charge is 2.31. The maximum absolute atomic E-state index is 6.00. The molecule has 0 heterocycles. The topological polar surface area (TPSA) is 18.5 Å². The van der Waals surface area contributed by atoms with Crippen molar-refractivity contribution < 1.29 is 9.47 Å². The molecule has 0 atom stereocenters. The van der Waals surface area contributed by atoms with Gasteiger partial charge in [0.05, 0.1) is 0 Å². The summed E-state index contributed by atoms with van der Waals surface area (Å²) in [6.07, 6.45) is 11.4. The van der Waals surface area contributed by atoms with Gasteiger partial charge in [0.1, 0.15) is 0 Å². The predicted octanol–water partition coefficient (Wildman–Crippen LogP) is 5.94. The number of unbranched alkanes of at least 4 members (excludes halogenated alkanes) is 6. The molecule has 0 amide bonds. The Balaban J connectivity index is 4.06. The Morgan fingerprint density at radius 2 is 1.25 bits per heavy atom. The average molecular weight is 287 g/mol. The van der Waals surface area contributed by atoms with E-state index < -0.39 is 0 Å². The molecule has 0 aromatic carbocycles. The summed E-state index contributed by atoms with van der Waals surface area (Å²) in [7, 11) is 0. The zero-order chi connectivity index (χ0) is 15.3. The van der Waals surface area contributed by atoms with Crippen molar-refractivity contribution in [1.29, 1.82) is 0 Å². The van der Waals surface area contributed by atoms with Crippen LogP contribution in [0, 0.1) is 5.92 Å². The third-order valence-electron chi connectivity index (χ3n) is 3.70. The lowest BCUT2D eigenvalue weighted by Gasteiger charge is -2.35. The van der Waals surface area contributed by atoms with Gasteiger partial charge in [-0.25, -0.2) is 0 Å². The molecular weight excluding hydrogens is 248 g/mol. The molecule has 20 heavy (non-hydrogen) atoms. The lowest BCUT2D eigenvalue weighted by molar-refractivity contribution is -0.245. The van der Waals surface area contributed by atoms with Crippen LogP contribution in [0.1, 0.15) is 92.4 Å². The minimum Gasteiger partial charge on any atom is -0.350 e. The molecule has 0 spiro atoms. The second kappa shape index (κ2) is 12.6. The predicted molar refractivity (Wildman–Crippen MR) is 88.0 cm³/mol. The van der Waals surface area contributed by atoms with Crippen molar-refractivity contribution >= 4 is 0 Å². The quantitative estimate of drug-likeness (QED) is 0.290. The summed E-state index contributed by atoms with van der Waals surface area (Å²) >= 11 is 0. The van der Waals surface area contributed by atoms with E-state index in [2.05, 4.69) is 34.6 Å². The van der Waals surface area contributed by atoms with Crippen LogP contribution in [0.15, 0.2) is 0 Å². The van der Waals surface area contributed by atoms with Crippen LogP contribution in [0.5, 0.6) is 0 Å². The third kappa shape index (κ3) is 9.77. The van der Waals surface area contributed by atoms with Gasteiger partial charge >= 0.3 is 0 Å². The van der Waals surface area contributed by atoms with E-state index in [1.165, 1.54) is 44.9 Å². The van der Waals surface area contributed by atoms with E-state index in [9.17, 15) is 0 Å². The summed E-state index contributed by atoms with van der Waals surface area (Å²) in [6, 6.07) is 0. The fraction of sp³-hybridized carbons (Fsp3) is 1.00. The second-order valence-corrected chi connectivity index (χ2v) is 6.25. The molecule has 0 unspecified atom stereocenters. The largest absolute Gasteiger partial charge is 0.350 e. The average Bonchev–Trinajstić information content (AvgIpc) is 2.37.